The number of aromatic nitrogens is 1. The number of benzene rings is 1. The molecule has 0 aliphatic carbocycles. The summed E-state index contributed by atoms with van der Waals surface area (Å²) in [4.78, 5) is 14.2. The van der Waals surface area contributed by atoms with Gasteiger partial charge in [-0.15, -0.1) is 0 Å². The fraction of sp³-hybridized carbons (Fsp3) is 0.375. The number of aliphatic hydroxyl groups excluding tert-OH is 1. The van der Waals surface area contributed by atoms with Gasteiger partial charge in [-0.05, 0) is 29.3 Å². The van der Waals surface area contributed by atoms with E-state index in [4.69, 9.17) is 14.0 Å². The molecule has 7 nitrogen and oxygen atoms in total. The van der Waals surface area contributed by atoms with Crippen LogP contribution >= 0.6 is 0 Å². The van der Waals surface area contributed by atoms with Gasteiger partial charge in [0.25, 0.3) is 11.8 Å². The zero-order valence-electron chi connectivity index (χ0n) is 12.9. The average Bonchev–Trinajstić information content (AvgIpc) is 3.20. The number of β-amino-alcohol motifs (C(OH)–C–C–N with tert-alkyl or cyclic N) is 1. The summed E-state index contributed by atoms with van der Waals surface area (Å²) in [5, 5.41) is 13.7. The highest BCUT2D eigenvalue weighted by Gasteiger charge is 2.37. The molecule has 122 valence electrons. The smallest absolute Gasteiger partial charge is 0.293 e. The van der Waals surface area contributed by atoms with E-state index >= 15 is 0 Å². The Balaban J connectivity index is 1.88. The molecular formula is C16H18N2O5. The summed E-state index contributed by atoms with van der Waals surface area (Å²) in [6.45, 7) is 0.240. The molecule has 2 atom stereocenters. The first-order valence-electron chi connectivity index (χ1n) is 7.26. The van der Waals surface area contributed by atoms with Crippen molar-refractivity contribution in [3.8, 4) is 11.6 Å². The van der Waals surface area contributed by atoms with Crippen molar-refractivity contribution in [3.05, 3.63) is 41.7 Å². The quantitative estimate of drug-likeness (QED) is 0.922. The molecule has 0 spiro atoms. The summed E-state index contributed by atoms with van der Waals surface area (Å²) < 4.78 is 15.2. The number of aliphatic hydroxyl groups is 1. The van der Waals surface area contributed by atoms with Crippen LogP contribution in [0.1, 0.15) is 28.6 Å². The molecule has 0 radical (unpaired) electrons. The highest BCUT2D eigenvalue weighted by molar-refractivity contribution is 5.92. The van der Waals surface area contributed by atoms with Crippen molar-refractivity contribution in [2.75, 3.05) is 20.8 Å². The van der Waals surface area contributed by atoms with E-state index < -0.39 is 6.10 Å². The van der Waals surface area contributed by atoms with E-state index in [1.807, 2.05) is 24.3 Å². The van der Waals surface area contributed by atoms with Crippen molar-refractivity contribution >= 4 is 5.91 Å². The molecule has 1 aliphatic heterocycles. The van der Waals surface area contributed by atoms with Crippen LogP contribution in [0.4, 0.5) is 0 Å². The van der Waals surface area contributed by atoms with E-state index in [2.05, 4.69) is 5.16 Å². The number of amides is 1. The van der Waals surface area contributed by atoms with Crippen LogP contribution in [0.15, 0.2) is 34.9 Å². The van der Waals surface area contributed by atoms with Crippen molar-refractivity contribution in [2.24, 2.45) is 0 Å². The highest BCUT2D eigenvalue weighted by Crippen LogP contribution is 2.35. The number of nitrogens with zero attached hydrogens (tertiary/aromatic N) is 2. The maximum atomic E-state index is 12.7. The van der Waals surface area contributed by atoms with Gasteiger partial charge in [-0.2, -0.15) is 0 Å². The Morgan fingerprint density at radius 3 is 2.87 bits per heavy atom. The van der Waals surface area contributed by atoms with E-state index in [-0.39, 0.29) is 30.1 Å². The second-order valence-corrected chi connectivity index (χ2v) is 5.37. The Labute approximate surface area is 133 Å². The summed E-state index contributed by atoms with van der Waals surface area (Å²) in [6, 6.07) is 8.66. The number of hydrogen-bond acceptors (Lipinski definition) is 6. The lowest BCUT2D eigenvalue weighted by molar-refractivity contribution is 0.0673. The lowest BCUT2D eigenvalue weighted by Gasteiger charge is -2.23. The van der Waals surface area contributed by atoms with Crippen LogP contribution in [-0.2, 0) is 0 Å². The molecule has 0 unspecified atom stereocenters. The Morgan fingerprint density at radius 1 is 1.35 bits per heavy atom. The minimum atomic E-state index is -0.583. The standard InChI is InChI=1S/C16H18N2O5/c1-21-12-5-3-4-10(6-12)13-7-11(19)9-18(13)16(20)14-8-15(22-2)17-23-14/h3-6,8,11,13,19H,7,9H2,1-2H3/t11-,13-/m0/s1. The van der Waals surface area contributed by atoms with Gasteiger partial charge < -0.3 is 24.0 Å². The first-order chi connectivity index (χ1) is 11.1. The zero-order chi connectivity index (χ0) is 16.4. The summed E-state index contributed by atoms with van der Waals surface area (Å²) in [7, 11) is 3.04. The van der Waals surface area contributed by atoms with E-state index in [1.165, 1.54) is 13.2 Å². The molecule has 1 aromatic carbocycles. The number of likely N-dealkylation sites (tertiary alicyclic amines) is 1. The lowest BCUT2D eigenvalue weighted by Crippen LogP contribution is -2.31. The predicted octanol–water partition coefficient (Wildman–Crippen LogP) is 1.64. The molecule has 1 amide bonds. The van der Waals surface area contributed by atoms with Crippen LogP contribution in [0.3, 0.4) is 0 Å². The van der Waals surface area contributed by atoms with Gasteiger partial charge >= 0.3 is 0 Å². The maximum Gasteiger partial charge on any atom is 0.293 e. The Hall–Kier alpha value is -2.54. The van der Waals surface area contributed by atoms with Gasteiger partial charge in [-0.25, -0.2) is 0 Å². The minimum absolute atomic E-state index is 0.0869. The zero-order valence-corrected chi connectivity index (χ0v) is 12.9. The monoisotopic (exact) mass is 318 g/mol. The van der Waals surface area contributed by atoms with Crippen LogP contribution in [0, 0.1) is 0 Å². The molecule has 1 aromatic heterocycles. The third-order valence-corrected chi connectivity index (χ3v) is 3.93. The summed E-state index contributed by atoms with van der Waals surface area (Å²) >= 11 is 0. The normalized spacial score (nSPS) is 20.6. The molecule has 23 heavy (non-hydrogen) atoms. The molecule has 7 heteroatoms. The van der Waals surface area contributed by atoms with E-state index in [9.17, 15) is 9.90 Å². The van der Waals surface area contributed by atoms with Crippen LogP contribution in [0.25, 0.3) is 0 Å². The van der Waals surface area contributed by atoms with E-state index in [0.29, 0.717) is 12.2 Å². The van der Waals surface area contributed by atoms with Gasteiger partial charge in [-0.3, -0.25) is 4.79 Å². The molecule has 1 saturated heterocycles. The fourth-order valence-electron chi connectivity index (χ4n) is 2.80. The Bertz CT molecular complexity index is 699. The number of carbonyl (C=O) groups excluding carboxylic acids is 1. The molecule has 2 aromatic rings. The van der Waals surface area contributed by atoms with Gasteiger partial charge in [0.2, 0.25) is 5.76 Å². The van der Waals surface area contributed by atoms with Gasteiger partial charge in [-0.1, -0.05) is 12.1 Å². The molecule has 2 heterocycles. The number of hydrogen-bond donors (Lipinski definition) is 1. The van der Waals surface area contributed by atoms with E-state index in [1.54, 1.807) is 12.0 Å². The van der Waals surface area contributed by atoms with E-state index in [0.717, 1.165) is 5.56 Å². The van der Waals surface area contributed by atoms with Crippen molar-refractivity contribution < 1.29 is 23.9 Å². The van der Waals surface area contributed by atoms with Gasteiger partial charge in [0.05, 0.1) is 32.4 Å². The predicted molar refractivity (Wildman–Crippen MR) is 80.5 cm³/mol. The van der Waals surface area contributed by atoms with Crippen LogP contribution in [0.2, 0.25) is 0 Å². The van der Waals surface area contributed by atoms with Gasteiger partial charge in [0.1, 0.15) is 5.75 Å². The molecule has 3 rings (SSSR count). The molecule has 1 N–H and O–H groups in total. The second kappa shape index (κ2) is 6.29. The minimum Gasteiger partial charge on any atom is -0.497 e. The molecule has 0 bridgehead atoms. The van der Waals surface area contributed by atoms with Crippen LogP contribution < -0.4 is 9.47 Å². The van der Waals surface area contributed by atoms with Crippen molar-refractivity contribution in [1.29, 1.82) is 0 Å². The second-order valence-electron chi connectivity index (χ2n) is 5.37. The number of ether oxygens (including phenoxy) is 2. The molecule has 1 fully saturated rings. The van der Waals surface area contributed by atoms with Gasteiger partial charge in [0, 0.05) is 6.54 Å². The summed E-state index contributed by atoms with van der Waals surface area (Å²) in [5.41, 5.74) is 0.903. The first kappa shape index (κ1) is 15.4. The topological polar surface area (TPSA) is 85.0 Å². The fourth-order valence-corrected chi connectivity index (χ4v) is 2.80. The average molecular weight is 318 g/mol. The highest BCUT2D eigenvalue weighted by atomic mass is 16.5. The Kier molecular flexibility index (Phi) is 4.20. The number of methoxy groups -OCH3 is 2. The molecule has 1 aliphatic rings. The van der Waals surface area contributed by atoms with Crippen LogP contribution in [-0.4, -0.2) is 47.9 Å². The maximum absolute atomic E-state index is 12.7. The van der Waals surface area contributed by atoms with Crippen molar-refractivity contribution in [3.63, 3.8) is 0 Å². The first-order valence-corrected chi connectivity index (χ1v) is 7.26. The molecular weight excluding hydrogens is 300 g/mol. The van der Waals surface area contributed by atoms with Gasteiger partial charge in [0.15, 0.2) is 0 Å². The van der Waals surface area contributed by atoms with Crippen LogP contribution in [0.5, 0.6) is 11.6 Å². The largest absolute Gasteiger partial charge is 0.497 e. The third-order valence-electron chi connectivity index (χ3n) is 3.93. The number of carbonyl (C=O) groups is 1. The lowest BCUT2D eigenvalue weighted by atomic mass is 10.0. The van der Waals surface area contributed by atoms with Crippen molar-refractivity contribution in [1.82, 2.24) is 10.1 Å². The number of rotatable bonds is 4. The van der Waals surface area contributed by atoms with Crippen molar-refractivity contribution in [2.45, 2.75) is 18.6 Å². The molecule has 0 saturated carbocycles. The third kappa shape index (κ3) is 3.00. The SMILES string of the molecule is COc1cccc([C@@H]2C[C@H](O)CN2C(=O)c2cc(OC)no2)c1. The summed E-state index contributed by atoms with van der Waals surface area (Å²) in [5.74, 6) is 0.706. The summed E-state index contributed by atoms with van der Waals surface area (Å²) in [6.07, 6.45) is -0.121. The Morgan fingerprint density at radius 2 is 2.17 bits per heavy atom.